The number of nitrogens with one attached hydrogen (secondary N) is 2. The number of anilines is 1. The average Bonchev–Trinajstić information content (AvgIpc) is 2.61. The van der Waals surface area contributed by atoms with Crippen LogP contribution in [0.4, 0.5) is 10.5 Å². The summed E-state index contributed by atoms with van der Waals surface area (Å²) in [5.41, 5.74) is 1.80. The average molecular weight is 314 g/mol. The van der Waals surface area contributed by atoms with E-state index in [2.05, 4.69) is 10.6 Å². The van der Waals surface area contributed by atoms with Crippen LogP contribution in [-0.4, -0.2) is 35.0 Å². The van der Waals surface area contributed by atoms with Gasteiger partial charge in [-0.2, -0.15) is 0 Å². The van der Waals surface area contributed by atoms with Crippen molar-refractivity contribution in [3.05, 3.63) is 54.6 Å². The maximum atomic E-state index is 12.0. The minimum absolute atomic E-state index is 0.319. The SMILES string of the molecule is CCC(CO)(CO)NC(=O)Nc1ccc(-c2ccccc2)cc1. The Hall–Kier alpha value is -2.37. The second-order valence-electron chi connectivity index (χ2n) is 5.47. The van der Waals surface area contributed by atoms with Crippen molar-refractivity contribution >= 4 is 11.7 Å². The van der Waals surface area contributed by atoms with Gasteiger partial charge in [0.15, 0.2) is 0 Å². The molecule has 0 bridgehead atoms. The van der Waals surface area contributed by atoms with Crippen molar-refractivity contribution in [2.24, 2.45) is 0 Å². The lowest BCUT2D eigenvalue weighted by molar-refractivity contribution is 0.0955. The van der Waals surface area contributed by atoms with Gasteiger partial charge in [0.2, 0.25) is 0 Å². The molecule has 0 aliphatic heterocycles. The normalized spacial score (nSPS) is 11.1. The van der Waals surface area contributed by atoms with E-state index in [1.54, 1.807) is 6.92 Å². The van der Waals surface area contributed by atoms with E-state index in [9.17, 15) is 15.0 Å². The van der Waals surface area contributed by atoms with Gasteiger partial charge in [-0.25, -0.2) is 4.79 Å². The van der Waals surface area contributed by atoms with Crippen molar-refractivity contribution in [2.75, 3.05) is 18.5 Å². The van der Waals surface area contributed by atoms with E-state index in [0.29, 0.717) is 12.1 Å². The van der Waals surface area contributed by atoms with Crippen LogP contribution in [-0.2, 0) is 0 Å². The first-order valence-electron chi connectivity index (χ1n) is 7.59. The molecule has 0 aliphatic rings. The number of aliphatic hydroxyl groups excluding tert-OH is 2. The highest BCUT2D eigenvalue weighted by atomic mass is 16.3. The molecule has 5 nitrogen and oxygen atoms in total. The van der Waals surface area contributed by atoms with E-state index in [-0.39, 0.29) is 13.2 Å². The summed E-state index contributed by atoms with van der Waals surface area (Å²) in [4.78, 5) is 12.0. The number of carbonyl (C=O) groups is 1. The molecule has 4 N–H and O–H groups in total. The molecule has 5 heteroatoms. The second kappa shape index (κ2) is 7.76. The zero-order chi connectivity index (χ0) is 16.7. The standard InChI is InChI=1S/C18H22N2O3/c1-2-18(12-21,13-22)20-17(23)19-16-10-8-15(9-11-16)14-6-4-3-5-7-14/h3-11,21-22H,2,12-13H2,1H3,(H2,19,20,23). The quantitative estimate of drug-likeness (QED) is 0.661. The van der Waals surface area contributed by atoms with Gasteiger partial charge in [-0.3, -0.25) is 0 Å². The fraction of sp³-hybridized carbons (Fsp3) is 0.278. The first-order valence-corrected chi connectivity index (χ1v) is 7.59. The van der Waals surface area contributed by atoms with Crippen LogP contribution in [0.3, 0.4) is 0 Å². The van der Waals surface area contributed by atoms with E-state index in [0.717, 1.165) is 11.1 Å². The van der Waals surface area contributed by atoms with E-state index < -0.39 is 11.6 Å². The lowest BCUT2D eigenvalue weighted by Gasteiger charge is -2.29. The van der Waals surface area contributed by atoms with Gasteiger partial charge in [-0.15, -0.1) is 0 Å². The fourth-order valence-corrected chi connectivity index (χ4v) is 2.22. The molecule has 0 fully saturated rings. The van der Waals surface area contributed by atoms with E-state index in [1.807, 2.05) is 54.6 Å². The molecule has 2 aromatic rings. The minimum atomic E-state index is -1.01. The largest absolute Gasteiger partial charge is 0.394 e. The molecule has 0 atom stereocenters. The maximum Gasteiger partial charge on any atom is 0.319 e. The highest BCUT2D eigenvalue weighted by molar-refractivity contribution is 5.90. The molecule has 0 aliphatic carbocycles. The smallest absolute Gasteiger partial charge is 0.319 e. The third kappa shape index (κ3) is 4.31. The molecule has 0 spiro atoms. The van der Waals surface area contributed by atoms with Crippen LogP contribution in [0.1, 0.15) is 13.3 Å². The van der Waals surface area contributed by atoms with Gasteiger partial charge < -0.3 is 20.8 Å². The van der Waals surface area contributed by atoms with E-state index in [1.165, 1.54) is 0 Å². The number of hydrogen-bond donors (Lipinski definition) is 4. The van der Waals surface area contributed by atoms with Crippen LogP contribution in [0.2, 0.25) is 0 Å². The number of hydrogen-bond acceptors (Lipinski definition) is 3. The summed E-state index contributed by atoms with van der Waals surface area (Å²) >= 11 is 0. The Labute approximate surface area is 136 Å². The lowest BCUT2D eigenvalue weighted by Crippen LogP contribution is -2.55. The molecule has 0 aromatic heterocycles. The number of urea groups is 1. The van der Waals surface area contributed by atoms with Gasteiger partial charge in [0.05, 0.1) is 18.8 Å². The fourth-order valence-electron chi connectivity index (χ4n) is 2.22. The van der Waals surface area contributed by atoms with Crippen molar-refractivity contribution in [2.45, 2.75) is 18.9 Å². The summed E-state index contributed by atoms with van der Waals surface area (Å²) in [5, 5.41) is 24.0. The molecule has 0 saturated heterocycles. The number of benzene rings is 2. The maximum absolute atomic E-state index is 12.0. The van der Waals surface area contributed by atoms with E-state index >= 15 is 0 Å². The number of rotatable bonds is 6. The molecule has 122 valence electrons. The van der Waals surface area contributed by atoms with Crippen LogP contribution < -0.4 is 10.6 Å². The second-order valence-corrected chi connectivity index (χ2v) is 5.47. The summed E-state index contributed by atoms with van der Waals surface area (Å²) < 4.78 is 0. The van der Waals surface area contributed by atoms with Gasteiger partial charge >= 0.3 is 6.03 Å². The predicted octanol–water partition coefficient (Wildman–Crippen LogP) is 2.61. The summed E-state index contributed by atoms with van der Waals surface area (Å²) in [5.74, 6) is 0. The Morgan fingerprint density at radius 3 is 2.04 bits per heavy atom. The third-order valence-corrected chi connectivity index (χ3v) is 3.91. The molecule has 23 heavy (non-hydrogen) atoms. The Morgan fingerprint density at radius 2 is 1.52 bits per heavy atom. The Morgan fingerprint density at radius 1 is 0.957 bits per heavy atom. The monoisotopic (exact) mass is 314 g/mol. The van der Waals surface area contributed by atoms with Crippen molar-refractivity contribution in [3.63, 3.8) is 0 Å². The Balaban J connectivity index is 2.02. The predicted molar refractivity (Wildman–Crippen MR) is 91.2 cm³/mol. The molecular weight excluding hydrogens is 292 g/mol. The molecule has 0 saturated carbocycles. The van der Waals surface area contributed by atoms with Gasteiger partial charge in [0, 0.05) is 5.69 Å². The molecule has 2 rings (SSSR count). The summed E-state index contributed by atoms with van der Waals surface area (Å²) in [7, 11) is 0. The lowest BCUT2D eigenvalue weighted by atomic mass is 9.99. The molecule has 2 amide bonds. The van der Waals surface area contributed by atoms with Crippen molar-refractivity contribution in [1.29, 1.82) is 0 Å². The Bertz CT molecular complexity index is 614. The van der Waals surface area contributed by atoms with Crippen LogP contribution >= 0.6 is 0 Å². The first-order chi connectivity index (χ1) is 11.1. The zero-order valence-electron chi connectivity index (χ0n) is 13.1. The molecular formula is C18H22N2O3. The molecule has 2 aromatic carbocycles. The number of aliphatic hydroxyl groups is 2. The van der Waals surface area contributed by atoms with Crippen LogP contribution in [0.15, 0.2) is 54.6 Å². The van der Waals surface area contributed by atoms with Crippen LogP contribution in [0, 0.1) is 0 Å². The van der Waals surface area contributed by atoms with Gasteiger partial charge in [-0.05, 0) is 29.7 Å². The number of carbonyl (C=O) groups excluding carboxylic acids is 1. The van der Waals surface area contributed by atoms with Crippen LogP contribution in [0.25, 0.3) is 11.1 Å². The molecule has 0 unspecified atom stereocenters. The van der Waals surface area contributed by atoms with Crippen LogP contribution in [0.5, 0.6) is 0 Å². The highest BCUT2D eigenvalue weighted by Crippen LogP contribution is 2.21. The summed E-state index contributed by atoms with van der Waals surface area (Å²) in [6.45, 7) is 1.15. The van der Waals surface area contributed by atoms with Gasteiger partial charge in [0.1, 0.15) is 0 Å². The van der Waals surface area contributed by atoms with Crippen molar-refractivity contribution < 1.29 is 15.0 Å². The first kappa shape index (κ1) is 17.0. The van der Waals surface area contributed by atoms with E-state index in [4.69, 9.17) is 0 Å². The van der Waals surface area contributed by atoms with Crippen molar-refractivity contribution in [3.8, 4) is 11.1 Å². The molecule has 0 radical (unpaired) electrons. The summed E-state index contributed by atoms with van der Waals surface area (Å²) in [6, 6.07) is 17.0. The van der Waals surface area contributed by atoms with Gasteiger partial charge in [0.25, 0.3) is 0 Å². The number of amides is 2. The topological polar surface area (TPSA) is 81.6 Å². The van der Waals surface area contributed by atoms with Gasteiger partial charge in [-0.1, -0.05) is 49.4 Å². The highest BCUT2D eigenvalue weighted by Gasteiger charge is 2.28. The van der Waals surface area contributed by atoms with Crippen molar-refractivity contribution in [1.82, 2.24) is 5.32 Å². The third-order valence-electron chi connectivity index (χ3n) is 3.91. The zero-order valence-corrected chi connectivity index (χ0v) is 13.1. The minimum Gasteiger partial charge on any atom is -0.394 e. The Kier molecular flexibility index (Phi) is 5.73. The molecule has 0 heterocycles. The summed E-state index contributed by atoms with van der Waals surface area (Å²) in [6.07, 6.45) is 0.431.